The summed E-state index contributed by atoms with van der Waals surface area (Å²) in [6, 6.07) is 8.68. The highest BCUT2D eigenvalue weighted by molar-refractivity contribution is 9.09. The van der Waals surface area contributed by atoms with Gasteiger partial charge in [0.2, 0.25) is 0 Å². The van der Waals surface area contributed by atoms with E-state index in [9.17, 15) is 0 Å². The highest BCUT2D eigenvalue weighted by Crippen LogP contribution is 2.31. The predicted octanol–water partition coefficient (Wildman–Crippen LogP) is 4.92. The second-order valence-corrected chi connectivity index (χ2v) is 6.79. The summed E-state index contributed by atoms with van der Waals surface area (Å²) in [5.41, 5.74) is 0. The molecule has 3 heteroatoms. The molecule has 2 rings (SSSR count). The van der Waals surface area contributed by atoms with E-state index in [1.54, 1.807) is 0 Å². The molecule has 0 amide bonds. The highest BCUT2D eigenvalue weighted by Gasteiger charge is 2.17. The van der Waals surface area contributed by atoms with Crippen molar-refractivity contribution >= 4 is 38.6 Å². The lowest BCUT2D eigenvalue weighted by Gasteiger charge is -2.16. The van der Waals surface area contributed by atoms with E-state index in [0.29, 0.717) is 10.7 Å². The molecule has 2 unspecified atom stereocenters. The average Bonchev–Trinajstić information content (AvgIpc) is 2.88. The van der Waals surface area contributed by atoms with Crippen LogP contribution in [0.25, 0.3) is 0 Å². The quantitative estimate of drug-likeness (QED) is 0.703. The fourth-order valence-electron chi connectivity index (χ4n) is 1.53. The molecular formula is C12H13BrS2. The molecule has 0 aromatic carbocycles. The molecule has 15 heavy (non-hydrogen) atoms. The first-order chi connectivity index (χ1) is 7.27. The van der Waals surface area contributed by atoms with Gasteiger partial charge in [0.25, 0.3) is 0 Å². The maximum atomic E-state index is 3.80. The zero-order valence-corrected chi connectivity index (χ0v) is 11.7. The van der Waals surface area contributed by atoms with Gasteiger partial charge in [0, 0.05) is 20.5 Å². The first-order valence-electron chi connectivity index (χ1n) is 4.97. The van der Waals surface area contributed by atoms with E-state index in [0.717, 1.165) is 6.42 Å². The van der Waals surface area contributed by atoms with Crippen molar-refractivity contribution in [3.8, 4) is 0 Å². The van der Waals surface area contributed by atoms with Crippen LogP contribution in [0.4, 0.5) is 0 Å². The van der Waals surface area contributed by atoms with Gasteiger partial charge in [-0.25, -0.2) is 0 Å². The summed E-state index contributed by atoms with van der Waals surface area (Å²) in [6.45, 7) is 2.29. The van der Waals surface area contributed by atoms with Gasteiger partial charge in [-0.15, -0.1) is 22.7 Å². The molecule has 0 N–H and O–H groups in total. The van der Waals surface area contributed by atoms with Crippen molar-refractivity contribution in [3.63, 3.8) is 0 Å². The normalized spacial score (nSPS) is 15.1. The van der Waals surface area contributed by atoms with E-state index < -0.39 is 0 Å². The Kier molecular flexibility index (Phi) is 4.00. The Labute approximate surface area is 107 Å². The molecule has 0 radical (unpaired) electrons. The van der Waals surface area contributed by atoms with Crippen LogP contribution in [-0.4, -0.2) is 4.83 Å². The van der Waals surface area contributed by atoms with Gasteiger partial charge in [0.15, 0.2) is 0 Å². The maximum Gasteiger partial charge on any atom is 0.0267 e. The molecule has 2 atom stereocenters. The second kappa shape index (κ2) is 5.28. The van der Waals surface area contributed by atoms with E-state index in [1.165, 1.54) is 9.75 Å². The highest BCUT2D eigenvalue weighted by atomic mass is 79.9. The van der Waals surface area contributed by atoms with E-state index in [4.69, 9.17) is 0 Å². The molecule has 0 nitrogen and oxygen atoms in total. The molecule has 0 fully saturated rings. The van der Waals surface area contributed by atoms with Crippen molar-refractivity contribution in [2.75, 3.05) is 0 Å². The predicted molar refractivity (Wildman–Crippen MR) is 73.5 cm³/mol. The van der Waals surface area contributed by atoms with Crippen LogP contribution in [0.3, 0.4) is 0 Å². The zero-order chi connectivity index (χ0) is 10.7. The first-order valence-corrected chi connectivity index (χ1v) is 7.64. The summed E-state index contributed by atoms with van der Waals surface area (Å²) in [7, 11) is 0. The van der Waals surface area contributed by atoms with Crippen LogP contribution < -0.4 is 0 Å². The van der Waals surface area contributed by atoms with Crippen LogP contribution in [0.15, 0.2) is 35.0 Å². The molecule has 0 bridgehead atoms. The third-order valence-electron chi connectivity index (χ3n) is 2.51. The monoisotopic (exact) mass is 300 g/mol. The number of hydrogen-bond acceptors (Lipinski definition) is 2. The lowest BCUT2D eigenvalue weighted by molar-refractivity contribution is 0.726. The number of rotatable bonds is 4. The smallest absolute Gasteiger partial charge is 0.0267 e. The lowest BCUT2D eigenvalue weighted by atomic mass is 10.0. The van der Waals surface area contributed by atoms with Crippen LogP contribution in [0, 0.1) is 0 Å². The van der Waals surface area contributed by atoms with Gasteiger partial charge >= 0.3 is 0 Å². The topological polar surface area (TPSA) is 0 Å². The summed E-state index contributed by atoms with van der Waals surface area (Å²) in [4.78, 5) is 3.46. The standard InChI is InChI=1S/C12H13BrS2/c1-9(12-5-3-7-15-12)11(13)8-10-4-2-6-14-10/h2-7,9,11H,8H2,1H3. The largest absolute Gasteiger partial charge is 0.149 e. The van der Waals surface area contributed by atoms with E-state index in [-0.39, 0.29) is 0 Å². The van der Waals surface area contributed by atoms with E-state index in [1.807, 2.05) is 22.7 Å². The van der Waals surface area contributed by atoms with Gasteiger partial charge in [-0.1, -0.05) is 35.0 Å². The Morgan fingerprint density at radius 3 is 2.53 bits per heavy atom. The van der Waals surface area contributed by atoms with Crippen LogP contribution in [0.5, 0.6) is 0 Å². The fraction of sp³-hybridized carbons (Fsp3) is 0.333. The molecule has 2 aromatic rings. The minimum atomic E-state index is 0.537. The van der Waals surface area contributed by atoms with Gasteiger partial charge in [-0.2, -0.15) is 0 Å². The Bertz CT molecular complexity index is 378. The third kappa shape index (κ3) is 2.92. The van der Waals surface area contributed by atoms with Crippen molar-refractivity contribution in [3.05, 3.63) is 44.8 Å². The van der Waals surface area contributed by atoms with Crippen molar-refractivity contribution in [2.24, 2.45) is 0 Å². The van der Waals surface area contributed by atoms with Crippen molar-refractivity contribution in [2.45, 2.75) is 24.1 Å². The van der Waals surface area contributed by atoms with Crippen LogP contribution in [-0.2, 0) is 6.42 Å². The first kappa shape index (κ1) is 11.4. The van der Waals surface area contributed by atoms with Gasteiger partial charge in [0.05, 0.1) is 0 Å². The number of alkyl halides is 1. The lowest BCUT2D eigenvalue weighted by Crippen LogP contribution is -2.10. The minimum absolute atomic E-state index is 0.537. The SMILES string of the molecule is CC(c1cccs1)C(Br)Cc1cccs1. The molecular weight excluding hydrogens is 288 g/mol. The Balaban J connectivity index is 1.99. The van der Waals surface area contributed by atoms with Crippen molar-refractivity contribution in [1.82, 2.24) is 0 Å². The molecule has 0 aliphatic heterocycles. The van der Waals surface area contributed by atoms with Crippen LogP contribution >= 0.6 is 38.6 Å². The van der Waals surface area contributed by atoms with Crippen molar-refractivity contribution in [1.29, 1.82) is 0 Å². The number of thiophene rings is 2. The van der Waals surface area contributed by atoms with E-state index in [2.05, 4.69) is 57.9 Å². The molecule has 0 aliphatic carbocycles. The summed E-state index contributed by atoms with van der Waals surface area (Å²) >= 11 is 7.48. The fourth-order valence-corrected chi connectivity index (χ4v) is 4.16. The summed E-state index contributed by atoms with van der Waals surface area (Å²) in [6.07, 6.45) is 1.12. The molecule has 0 saturated heterocycles. The van der Waals surface area contributed by atoms with Gasteiger partial charge < -0.3 is 0 Å². The number of hydrogen-bond donors (Lipinski definition) is 0. The zero-order valence-electron chi connectivity index (χ0n) is 8.52. The minimum Gasteiger partial charge on any atom is -0.149 e. The van der Waals surface area contributed by atoms with E-state index >= 15 is 0 Å². The summed E-state index contributed by atoms with van der Waals surface area (Å²) < 4.78 is 0. The molecule has 0 aliphatic rings. The molecule has 0 saturated carbocycles. The Hall–Kier alpha value is -0.120. The molecule has 2 heterocycles. The Morgan fingerprint density at radius 1 is 1.20 bits per heavy atom. The summed E-state index contributed by atoms with van der Waals surface area (Å²) in [5, 5.41) is 4.29. The van der Waals surface area contributed by atoms with Crippen LogP contribution in [0.2, 0.25) is 0 Å². The van der Waals surface area contributed by atoms with Gasteiger partial charge in [-0.3, -0.25) is 0 Å². The van der Waals surface area contributed by atoms with Gasteiger partial charge in [0.1, 0.15) is 0 Å². The number of halogens is 1. The second-order valence-electron chi connectivity index (χ2n) is 3.60. The third-order valence-corrected chi connectivity index (χ3v) is 5.60. The molecule has 80 valence electrons. The maximum absolute atomic E-state index is 3.80. The van der Waals surface area contributed by atoms with Crippen LogP contribution in [0.1, 0.15) is 22.6 Å². The molecule has 2 aromatic heterocycles. The molecule has 0 spiro atoms. The van der Waals surface area contributed by atoms with Crippen molar-refractivity contribution < 1.29 is 0 Å². The van der Waals surface area contributed by atoms with Gasteiger partial charge in [-0.05, 0) is 29.3 Å². The average molecular weight is 301 g/mol. The summed E-state index contributed by atoms with van der Waals surface area (Å²) in [5.74, 6) is 0.590. The Morgan fingerprint density at radius 2 is 1.93 bits per heavy atom.